The van der Waals surface area contributed by atoms with Gasteiger partial charge in [0.25, 0.3) is 6.71 Å². The minimum Gasteiger partial charge on any atom is -0.458 e. The third-order valence-corrected chi connectivity index (χ3v) is 9.40. The molecule has 0 radical (unpaired) electrons. The van der Waals surface area contributed by atoms with Crippen LogP contribution in [0.3, 0.4) is 0 Å². The molecule has 0 aromatic heterocycles. The Labute approximate surface area is 270 Å². The third-order valence-electron chi connectivity index (χ3n) is 9.40. The zero-order valence-electron chi connectivity index (χ0n) is 25.8. The van der Waals surface area contributed by atoms with Crippen LogP contribution in [0.1, 0.15) is 11.1 Å². The fraction of sp³-hybridized carbons (Fsp3) is 0.0476. The molecule has 0 aliphatic carbocycles. The molecule has 2 heterocycles. The molecule has 2 aliphatic heterocycles. The summed E-state index contributed by atoms with van der Waals surface area (Å²) in [5, 5.41) is 2.39. The SMILES string of the molecule is Cc1ccc(N2c3ccc(C)cc3B3c4c(cccc42)Oc2cc(N(c4ccccc4)c4ccccc4)c4ccccc4c23)cc1. The molecule has 7 aromatic rings. The van der Waals surface area contributed by atoms with E-state index in [4.69, 9.17) is 4.74 Å². The van der Waals surface area contributed by atoms with E-state index < -0.39 is 0 Å². The van der Waals surface area contributed by atoms with Crippen molar-refractivity contribution in [2.75, 3.05) is 9.80 Å². The summed E-state index contributed by atoms with van der Waals surface area (Å²) >= 11 is 0. The summed E-state index contributed by atoms with van der Waals surface area (Å²) in [7, 11) is 0. The van der Waals surface area contributed by atoms with Crippen LogP contribution in [0.2, 0.25) is 0 Å². The monoisotopic (exact) mass is 590 g/mol. The Bertz CT molecular complexity index is 2230. The van der Waals surface area contributed by atoms with Crippen LogP contribution in [0.5, 0.6) is 11.5 Å². The van der Waals surface area contributed by atoms with Crippen LogP contribution >= 0.6 is 0 Å². The zero-order valence-corrected chi connectivity index (χ0v) is 25.8. The number of anilines is 6. The fourth-order valence-electron chi connectivity index (χ4n) is 7.39. The lowest BCUT2D eigenvalue weighted by Gasteiger charge is -2.41. The van der Waals surface area contributed by atoms with Crippen molar-refractivity contribution in [2.24, 2.45) is 0 Å². The van der Waals surface area contributed by atoms with Crippen LogP contribution in [-0.2, 0) is 0 Å². The van der Waals surface area contributed by atoms with Crippen LogP contribution in [0.4, 0.5) is 34.1 Å². The van der Waals surface area contributed by atoms with E-state index in [0.717, 1.165) is 39.9 Å². The Hall–Kier alpha value is -5.74. The molecule has 0 spiro atoms. The number of fused-ring (bicyclic) bond motifs is 6. The first-order chi connectivity index (χ1) is 22.7. The van der Waals surface area contributed by atoms with E-state index in [9.17, 15) is 0 Å². The van der Waals surface area contributed by atoms with Crippen molar-refractivity contribution in [3.8, 4) is 11.5 Å². The van der Waals surface area contributed by atoms with Gasteiger partial charge in [0.2, 0.25) is 0 Å². The van der Waals surface area contributed by atoms with E-state index in [2.05, 4.69) is 175 Å². The van der Waals surface area contributed by atoms with Crippen molar-refractivity contribution in [1.82, 2.24) is 0 Å². The van der Waals surface area contributed by atoms with Crippen LogP contribution in [0.25, 0.3) is 10.8 Å². The van der Waals surface area contributed by atoms with Gasteiger partial charge in [-0.2, -0.15) is 0 Å². The van der Waals surface area contributed by atoms with Gasteiger partial charge in [-0.25, -0.2) is 0 Å². The van der Waals surface area contributed by atoms with Crippen molar-refractivity contribution in [3.05, 3.63) is 163 Å². The number of para-hydroxylation sites is 2. The van der Waals surface area contributed by atoms with E-state index in [0.29, 0.717) is 0 Å². The number of ether oxygens (including phenoxy) is 1. The molecule has 0 saturated carbocycles. The van der Waals surface area contributed by atoms with Gasteiger partial charge in [-0.15, -0.1) is 0 Å². The lowest BCUT2D eigenvalue weighted by Crippen LogP contribution is -2.59. The summed E-state index contributed by atoms with van der Waals surface area (Å²) in [6.07, 6.45) is 0. The van der Waals surface area contributed by atoms with Crippen LogP contribution < -0.4 is 30.9 Å². The molecular formula is C42H31BN2O. The third kappa shape index (κ3) is 4.07. The Morgan fingerprint density at radius 2 is 1.17 bits per heavy atom. The van der Waals surface area contributed by atoms with Gasteiger partial charge >= 0.3 is 0 Å². The molecule has 0 amide bonds. The second kappa shape index (κ2) is 10.4. The molecule has 0 bridgehead atoms. The molecule has 0 atom stereocenters. The smallest absolute Gasteiger partial charge is 0.257 e. The number of rotatable bonds is 4. The molecule has 3 nitrogen and oxygen atoms in total. The molecule has 0 N–H and O–H groups in total. The molecule has 9 rings (SSSR count). The van der Waals surface area contributed by atoms with Gasteiger partial charge in [-0.3, -0.25) is 0 Å². The summed E-state index contributed by atoms with van der Waals surface area (Å²) in [6, 6.07) is 54.5. The van der Waals surface area contributed by atoms with Crippen LogP contribution in [0, 0.1) is 13.8 Å². The number of aryl methyl sites for hydroxylation is 2. The van der Waals surface area contributed by atoms with Crippen molar-refractivity contribution in [3.63, 3.8) is 0 Å². The maximum atomic E-state index is 6.99. The average molecular weight is 591 g/mol. The summed E-state index contributed by atoms with van der Waals surface area (Å²) in [6.45, 7) is 4.35. The molecule has 0 saturated heterocycles. The summed E-state index contributed by atoms with van der Waals surface area (Å²) in [5.74, 6) is 1.81. The number of hydrogen-bond acceptors (Lipinski definition) is 3. The van der Waals surface area contributed by atoms with E-state index >= 15 is 0 Å². The highest BCUT2D eigenvalue weighted by molar-refractivity contribution is 7.00. The molecule has 0 fully saturated rings. The highest BCUT2D eigenvalue weighted by Gasteiger charge is 2.43. The highest BCUT2D eigenvalue weighted by atomic mass is 16.5. The van der Waals surface area contributed by atoms with E-state index in [1.54, 1.807) is 0 Å². The second-order valence-corrected chi connectivity index (χ2v) is 12.3. The number of nitrogens with zero attached hydrogens (tertiary/aromatic N) is 2. The van der Waals surface area contributed by atoms with Gasteiger partial charge in [0, 0.05) is 39.9 Å². The highest BCUT2D eigenvalue weighted by Crippen LogP contribution is 2.45. The molecule has 7 aromatic carbocycles. The van der Waals surface area contributed by atoms with Crippen molar-refractivity contribution < 1.29 is 4.74 Å². The predicted molar refractivity (Wildman–Crippen MR) is 194 cm³/mol. The first kappa shape index (κ1) is 26.6. The van der Waals surface area contributed by atoms with E-state index in [1.807, 2.05) is 0 Å². The molecule has 218 valence electrons. The second-order valence-electron chi connectivity index (χ2n) is 12.3. The Balaban J connectivity index is 1.33. The van der Waals surface area contributed by atoms with Gasteiger partial charge in [-0.1, -0.05) is 102 Å². The lowest BCUT2D eigenvalue weighted by atomic mass is 9.33. The molecular weight excluding hydrogens is 559 g/mol. The minimum atomic E-state index is 0.0207. The quantitative estimate of drug-likeness (QED) is 0.190. The number of benzene rings is 7. The van der Waals surface area contributed by atoms with Gasteiger partial charge in [-0.05, 0) is 90.2 Å². The summed E-state index contributed by atoms with van der Waals surface area (Å²) in [4.78, 5) is 4.75. The van der Waals surface area contributed by atoms with Crippen molar-refractivity contribution >= 4 is 68.0 Å². The van der Waals surface area contributed by atoms with Crippen LogP contribution in [0.15, 0.2) is 152 Å². The zero-order chi connectivity index (χ0) is 30.8. The maximum Gasteiger partial charge on any atom is 0.257 e. The molecule has 0 unspecified atom stereocenters. The summed E-state index contributed by atoms with van der Waals surface area (Å²) < 4.78 is 6.99. The van der Waals surface area contributed by atoms with Crippen LogP contribution in [-0.4, -0.2) is 6.71 Å². The lowest BCUT2D eigenvalue weighted by molar-refractivity contribution is 0.488. The van der Waals surface area contributed by atoms with Gasteiger partial charge in [0.1, 0.15) is 11.5 Å². The Kier molecular flexibility index (Phi) is 6.04. The van der Waals surface area contributed by atoms with Gasteiger partial charge < -0.3 is 14.5 Å². The Morgan fingerprint density at radius 1 is 0.522 bits per heavy atom. The minimum absolute atomic E-state index is 0.0207. The average Bonchev–Trinajstić information content (AvgIpc) is 3.10. The molecule has 46 heavy (non-hydrogen) atoms. The topological polar surface area (TPSA) is 15.7 Å². The van der Waals surface area contributed by atoms with Crippen molar-refractivity contribution in [2.45, 2.75) is 13.8 Å². The van der Waals surface area contributed by atoms with E-state index in [-0.39, 0.29) is 6.71 Å². The first-order valence-corrected chi connectivity index (χ1v) is 15.9. The standard InChI is InChI=1S/C42H31BN2O/c1-28-20-23-32(24-21-28)45-36-25-22-29(2)26-35(36)43-41-34-17-10-9-16-33(34)38(27-40(41)46-39-19-11-18-37(45)42(39)43)44(30-12-5-3-6-13-30)31-14-7-4-8-15-31/h3-27H,1-2H3. The largest absolute Gasteiger partial charge is 0.458 e. The number of hydrogen-bond donors (Lipinski definition) is 0. The first-order valence-electron chi connectivity index (χ1n) is 15.9. The fourth-order valence-corrected chi connectivity index (χ4v) is 7.39. The van der Waals surface area contributed by atoms with Gasteiger partial charge in [0.15, 0.2) is 0 Å². The Morgan fingerprint density at radius 3 is 1.89 bits per heavy atom. The van der Waals surface area contributed by atoms with Crippen molar-refractivity contribution in [1.29, 1.82) is 0 Å². The maximum absolute atomic E-state index is 6.99. The van der Waals surface area contributed by atoms with Gasteiger partial charge in [0.05, 0.1) is 5.69 Å². The van der Waals surface area contributed by atoms with E-state index in [1.165, 1.54) is 44.0 Å². The predicted octanol–water partition coefficient (Wildman–Crippen LogP) is 9.33. The molecule has 4 heteroatoms. The molecule has 2 aliphatic rings. The summed E-state index contributed by atoms with van der Waals surface area (Å²) in [5.41, 5.74) is 13.0. The normalized spacial score (nSPS) is 12.7.